The molecule has 4 atom stereocenters. The first-order valence-corrected chi connectivity index (χ1v) is 29.1. The van der Waals surface area contributed by atoms with Crippen LogP contribution < -0.4 is 20.9 Å². The van der Waals surface area contributed by atoms with Gasteiger partial charge in [-0.3, -0.25) is 14.5 Å². The molecule has 18 nitrogen and oxygen atoms in total. The predicted octanol–water partition coefficient (Wildman–Crippen LogP) is 7.03. The van der Waals surface area contributed by atoms with Crippen LogP contribution in [0.3, 0.4) is 0 Å². The molecular formula is C58H77N11O7S. The number of nitrogen functional groups attached to an aromatic ring is 1. The van der Waals surface area contributed by atoms with Gasteiger partial charge in [0.05, 0.1) is 64.0 Å². The summed E-state index contributed by atoms with van der Waals surface area (Å²) in [5, 5.41) is 37.3. The zero-order valence-electron chi connectivity index (χ0n) is 45.1. The van der Waals surface area contributed by atoms with Crippen LogP contribution in [0.4, 0.5) is 17.3 Å². The van der Waals surface area contributed by atoms with E-state index in [-0.39, 0.29) is 60.3 Å². The van der Waals surface area contributed by atoms with E-state index in [0.717, 1.165) is 131 Å². The van der Waals surface area contributed by atoms with Crippen molar-refractivity contribution in [3.63, 3.8) is 0 Å². The van der Waals surface area contributed by atoms with E-state index in [1.54, 1.807) is 23.5 Å². The fourth-order valence-corrected chi connectivity index (χ4v) is 13.8. The molecule has 5 N–H and O–H groups in total. The maximum atomic E-state index is 14.4. The number of piperidine rings is 3. The quantitative estimate of drug-likeness (QED) is 0.0829. The summed E-state index contributed by atoms with van der Waals surface area (Å²) in [6, 6.07) is 18.7. The van der Waals surface area contributed by atoms with E-state index in [2.05, 4.69) is 45.3 Å². The van der Waals surface area contributed by atoms with Gasteiger partial charge in [-0.05, 0) is 106 Å². The molecule has 6 aliphatic rings. The number of para-hydroxylation sites is 1. The number of rotatable bonds is 15. The minimum absolute atomic E-state index is 0.0838. The number of carbonyl (C=O) groups excluding carboxylic acids is 2. The highest BCUT2D eigenvalue weighted by Gasteiger charge is 2.46. The van der Waals surface area contributed by atoms with Gasteiger partial charge in [0.25, 0.3) is 0 Å². The van der Waals surface area contributed by atoms with Crippen molar-refractivity contribution in [2.45, 2.75) is 133 Å². The molecule has 19 heteroatoms. The first-order valence-electron chi connectivity index (χ1n) is 28.2. The highest BCUT2D eigenvalue weighted by Crippen LogP contribution is 2.41. The van der Waals surface area contributed by atoms with E-state index < -0.39 is 18.1 Å². The van der Waals surface area contributed by atoms with Gasteiger partial charge >= 0.3 is 0 Å². The number of hydrogen-bond donors (Lipinski definition) is 4. The lowest BCUT2D eigenvalue weighted by atomic mass is 9.77. The van der Waals surface area contributed by atoms with Crippen molar-refractivity contribution < 1.29 is 33.8 Å². The molecule has 1 aliphatic carbocycles. The summed E-state index contributed by atoms with van der Waals surface area (Å²) >= 11 is 1.60. The van der Waals surface area contributed by atoms with E-state index in [9.17, 15) is 19.8 Å². The van der Waals surface area contributed by atoms with Crippen molar-refractivity contribution in [3.8, 4) is 27.4 Å². The van der Waals surface area contributed by atoms with E-state index in [0.29, 0.717) is 34.7 Å². The molecular weight excluding hydrogens is 995 g/mol. The van der Waals surface area contributed by atoms with Crippen molar-refractivity contribution in [3.05, 3.63) is 83.2 Å². The number of amides is 2. The monoisotopic (exact) mass is 1070 g/mol. The molecule has 5 saturated heterocycles. The van der Waals surface area contributed by atoms with Crippen LogP contribution in [0, 0.1) is 18.8 Å². The number of phenolic OH excluding ortho intramolecular Hbond substituents is 1. The van der Waals surface area contributed by atoms with Crippen molar-refractivity contribution in [1.29, 1.82) is 0 Å². The molecule has 11 rings (SSSR count). The Morgan fingerprint density at radius 1 is 0.909 bits per heavy atom. The lowest BCUT2D eigenvalue weighted by Gasteiger charge is -2.53. The molecule has 6 fully saturated rings. The number of hydrogen-bond acceptors (Lipinski definition) is 17. The number of aryl methyl sites for hydroxylation is 1. The number of ether oxygens (including phenoxy) is 2. The number of nitrogens with two attached hydrogens (primary N) is 1. The summed E-state index contributed by atoms with van der Waals surface area (Å²) in [5.74, 6) is 1.18. The highest BCUT2D eigenvalue weighted by atomic mass is 32.1. The second-order valence-corrected chi connectivity index (χ2v) is 24.0. The first-order chi connectivity index (χ1) is 37.3. The lowest BCUT2D eigenvalue weighted by Crippen LogP contribution is -2.61. The Balaban J connectivity index is 0.596. The summed E-state index contributed by atoms with van der Waals surface area (Å²) < 4.78 is 19.3. The predicted molar refractivity (Wildman–Crippen MR) is 297 cm³/mol. The standard InChI is InChI=1S/C58H77N11O7S/c1-36(2)53(57(73)69-33-43(70)29-49(69)56(72)61-37(3)40-9-11-41(12-10-40)54-38(4)60-35-77-54)51-31-52(64-76-51)67-21-15-45(16-22-67)75-44-13-19-65(20-14-44)32-39-27-42(28-39)68-25-26-74-58(34-68)17-23-66(24-18-58)48-30-47(62-63-55(48)59)46-7-5-6-8-50(46)71/h5-12,30-31,35-37,39,42-45,49,53,70-71H,13-29,32-34H2,1-4H3,(H2,59,63)(H,61,72)/t37-,39?,42?,43+,49-,53+/m0/s1. The summed E-state index contributed by atoms with van der Waals surface area (Å²) in [6.07, 6.45) is 8.12. The van der Waals surface area contributed by atoms with Gasteiger partial charge in [-0.1, -0.05) is 55.4 Å². The third-order valence-corrected chi connectivity index (χ3v) is 18.6. The molecule has 412 valence electrons. The van der Waals surface area contributed by atoms with Crippen LogP contribution in [0.5, 0.6) is 5.75 Å². The third-order valence-electron chi connectivity index (χ3n) is 17.6. The number of benzene rings is 2. The molecule has 0 radical (unpaired) electrons. The van der Waals surface area contributed by atoms with Gasteiger partial charge in [-0.2, -0.15) is 0 Å². The van der Waals surface area contributed by atoms with Gasteiger partial charge in [-0.15, -0.1) is 21.5 Å². The number of aromatic nitrogens is 4. The second kappa shape index (κ2) is 22.9. The number of phenols is 1. The summed E-state index contributed by atoms with van der Waals surface area (Å²) in [4.78, 5) is 45.1. The SMILES string of the molecule is Cc1ncsc1-c1ccc([C@H](C)NC(=O)[C@@H]2C[C@@H](O)CN2C(=O)[C@@H](c2cc(N3CCC(OC4CCN(CC5CC(N6CCOC7(CCN(c8cc(-c9ccccc9O)nnc8N)CC7)C6)C5)CC4)CC3)no2)C(C)C)cc1. The number of nitrogens with zero attached hydrogens (tertiary/aromatic N) is 9. The van der Waals surface area contributed by atoms with Crippen molar-refractivity contribution in [1.82, 2.24) is 40.4 Å². The Morgan fingerprint density at radius 3 is 2.34 bits per heavy atom. The number of aromatic hydroxyl groups is 1. The van der Waals surface area contributed by atoms with Gasteiger partial charge in [0.2, 0.25) is 11.8 Å². The van der Waals surface area contributed by atoms with Crippen molar-refractivity contribution in [2.75, 3.05) is 87.6 Å². The van der Waals surface area contributed by atoms with Crippen LogP contribution in [0.2, 0.25) is 0 Å². The topological polar surface area (TPSA) is 212 Å². The van der Waals surface area contributed by atoms with Crippen LogP contribution >= 0.6 is 11.3 Å². The molecule has 2 amide bonds. The maximum absolute atomic E-state index is 14.4. The molecule has 8 heterocycles. The summed E-state index contributed by atoms with van der Waals surface area (Å²) in [5.41, 5.74) is 13.2. The summed E-state index contributed by atoms with van der Waals surface area (Å²) in [6.45, 7) is 17.3. The number of β-amino-alcohol motifs (C(OH)–C–C–N with tert-alkyl or cyclic N) is 1. The molecule has 77 heavy (non-hydrogen) atoms. The van der Waals surface area contributed by atoms with E-state index >= 15 is 0 Å². The Morgan fingerprint density at radius 2 is 1.64 bits per heavy atom. The van der Waals surface area contributed by atoms with Crippen molar-refractivity contribution in [2.24, 2.45) is 11.8 Å². The minimum atomic E-state index is -0.802. The van der Waals surface area contributed by atoms with Gasteiger partial charge in [0, 0.05) is 89.5 Å². The van der Waals surface area contributed by atoms with Gasteiger partial charge in [-0.25, -0.2) is 4.98 Å². The Hall–Kier alpha value is -5.70. The van der Waals surface area contributed by atoms with Gasteiger partial charge in [0.15, 0.2) is 17.4 Å². The highest BCUT2D eigenvalue weighted by molar-refractivity contribution is 7.13. The fourth-order valence-electron chi connectivity index (χ4n) is 13.0. The van der Waals surface area contributed by atoms with Crippen LogP contribution in [0.15, 0.2) is 70.7 Å². The number of aliphatic hydroxyl groups excluding tert-OH is 1. The van der Waals surface area contributed by atoms with Crippen molar-refractivity contribution >= 4 is 40.5 Å². The number of thiazole rings is 1. The van der Waals surface area contributed by atoms with Gasteiger partial charge in [0.1, 0.15) is 17.7 Å². The number of morpholine rings is 1. The van der Waals surface area contributed by atoms with Crippen LogP contribution in [0.25, 0.3) is 21.7 Å². The largest absolute Gasteiger partial charge is 0.507 e. The Kier molecular flexibility index (Phi) is 15.9. The smallest absolute Gasteiger partial charge is 0.243 e. The average molecular weight is 1070 g/mol. The molecule has 3 aromatic heterocycles. The minimum Gasteiger partial charge on any atom is -0.507 e. The zero-order chi connectivity index (χ0) is 53.4. The van der Waals surface area contributed by atoms with Crippen LogP contribution in [0.1, 0.15) is 108 Å². The first kappa shape index (κ1) is 53.3. The Labute approximate surface area is 456 Å². The number of aliphatic hydroxyl groups is 1. The zero-order valence-corrected chi connectivity index (χ0v) is 46.0. The molecule has 1 saturated carbocycles. The molecule has 2 aromatic carbocycles. The molecule has 0 bridgehead atoms. The number of anilines is 3. The van der Waals surface area contributed by atoms with E-state index in [1.807, 2.05) is 81.7 Å². The molecule has 5 aromatic rings. The van der Waals surface area contributed by atoms with Gasteiger partial charge < -0.3 is 54.9 Å². The molecule has 5 aliphatic heterocycles. The van der Waals surface area contributed by atoms with E-state index in [1.165, 1.54) is 24.3 Å². The number of carbonyl (C=O) groups is 2. The molecule has 0 unspecified atom stereocenters. The van der Waals surface area contributed by atoms with Crippen LogP contribution in [-0.2, 0) is 19.1 Å². The van der Waals surface area contributed by atoms with Crippen LogP contribution in [-0.4, -0.2) is 165 Å². The second-order valence-electron chi connectivity index (χ2n) is 23.1. The number of nitrogens with one attached hydrogen (secondary N) is 1. The summed E-state index contributed by atoms with van der Waals surface area (Å²) in [7, 11) is 0. The third kappa shape index (κ3) is 11.7. The maximum Gasteiger partial charge on any atom is 0.243 e. The number of likely N-dealkylation sites (tertiary alicyclic amines) is 2. The van der Waals surface area contributed by atoms with E-state index in [4.69, 9.17) is 19.7 Å². The molecule has 1 spiro atoms. The fraction of sp³-hybridized carbons (Fsp3) is 0.586. The average Bonchev–Trinajstić information content (AvgIpc) is 4.21. The normalized spacial score (nSPS) is 24.6. The Bertz CT molecular complexity index is 2820. The lowest BCUT2D eigenvalue weighted by molar-refractivity contribution is -0.141.